The summed E-state index contributed by atoms with van der Waals surface area (Å²) in [5.74, 6) is 0.0265. The van der Waals surface area contributed by atoms with Crippen LogP contribution in [0.25, 0.3) is 0 Å². The fourth-order valence-corrected chi connectivity index (χ4v) is 3.27. The average molecular weight is 317 g/mol. The third kappa shape index (κ3) is 3.79. The lowest BCUT2D eigenvalue weighted by molar-refractivity contribution is 0.0932. The van der Waals surface area contributed by atoms with Crippen molar-refractivity contribution in [2.24, 2.45) is 0 Å². The van der Waals surface area contributed by atoms with E-state index < -0.39 is 0 Å². The molecule has 2 rings (SSSR count). The molecule has 2 heterocycles. The number of nitrogens with zero attached hydrogens (tertiary/aromatic N) is 1. The van der Waals surface area contributed by atoms with E-state index in [9.17, 15) is 4.79 Å². The normalized spacial score (nSPS) is 18.2. The molecule has 1 aromatic heterocycles. The van der Waals surface area contributed by atoms with Crippen LogP contribution in [0.1, 0.15) is 30.1 Å². The molecule has 1 fully saturated rings. The first-order valence-electron chi connectivity index (χ1n) is 5.92. The molecular weight excluding hydrogens is 300 g/mol. The van der Waals surface area contributed by atoms with Crippen LogP contribution in [0, 0.1) is 0 Å². The topological polar surface area (TPSA) is 32.3 Å². The Balaban J connectivity index is 1.81. The predicted molar refractivity (Wildman–Crippen MR) is 74.6 cm³/mol. The first-order chi connectivity index (χ1) is 8.15. The second kappa shape index (κ2) is 5.98. The summed E-state index contributed by atoms with van der Waals surface area (Å²) in [6.07, 6.45) is 2.58. The summed E-state index contributed by atoms with van der Waals surface area (Å²) in [7, 11) is 0. The van der Waals surface area contributed by atoms with Crippen LogP contribution in [0.4, 0.5) is 0 Å². The Morgan fingerprint density at radius 3 is 2.88 bits per heavy atom. The van der Waals surface area contributed by atoms with E-state index in [-0.39, 0.29) is 11.9 Å². The molecule has 0 aromatic carbocycles. The van der Waals surface area contributed by atoms with E-state index in [0.717, 1.165) is 15.9 Å². The van der Waals surface area contributed by atoms with Gasteiger partial charge in [0.25, 0.3) is 5.91 Å². The van der Waals surface area contributed by atoms with Crippen molar-refractivity contribution in [3.8, 4) is 0 Å². The highest BCUT2D eigenvalue weighted by atomic mass is 79.9. The molecule has 0 spiro atoms. The molecular formula is C12H17BrN2OS. The molecule has 17 heavy (non-hydrogen) atoms. The van der Waals surface area contributed by atoms with E-state index in [1.54, 1.807) is 0 Å². The number of amides is 1. The molecule has 0 radical (unpaired) electrons. The SMILES string of the molecule is CC(CN1CCCC1)NC(=O)c1csc(Br)c1. The zero-order valence-electron chi connectivity index (χ0n) is 9.91. The van der Waals surface area contributed by atoms with Gasteiger partial charge in [-0.25, -0.2) is 0 Å². The van der Waals surface area contributed by atoms with E-state index >= 15 is 0 Å². The summed E-state index contributed by atoms with van der Waals surface area (Å²) in [5.41, 5.74) is 0.746. The number of hydrogen-bond donors (Lipinski definition) is 1. The van der Waals surface area contributed by atoms with Crippen LogP contribution in [0.15, 0.2) is 15.2 Å². The molecule has 0 bridgehead atoms. The van der Waals surface area contributed by atoms with Crippen LogP contribution in [-0.4, -0.2) is 36.5 Å². The first kappa shape index (κ1) is 13.1. The molecule has 1 aromatic rings. The standard InChI is InChI=1S/C12H17BrN2OS/c1-9(7-15-4-2-3-5-15)14-12(16)10-6-11(13)17-8-10/h6,8-9H,2-5,7H2,1H3,(H,14,16). The molecule has 5 heteroatoms. The number of thiophene rings is 1. The van der Waals surface area contributed by atoms with Gasteiger partial charge in [-0.05, 0) is 54.9 Å². The first-order valence-corrected chi connectivity index (χ1v) is 7.59. The lowest BCUT2D eigenvalue weighted by atomic mass is 10.2. The Morgan fingerprint density at radius 2 is 2.29 bits per heavy atom. The summed E-state index contributed by atoms with van der Waals surface area (Å²) >= 11 is 4.91. The van der Waals surface area contributed by atoms with Gasteiger partial charge in [0, 0.05) is 18.0 Å². The van der Waals surface area contributed by atoms with Gasteiger partial charge in [0.1, 0.15) is 0 Å². The van der Waals surface area contributed by atoms with E-state index in [0.29, 0.717) is 0 Å². The number of hydrogen-bond acceptors (Lipinski definition) is 3. The van der Waals surface area contributed by atoms with Crippen LogP contribution < -0.4 is 5.32 Å². The van der Waals surface area contributed by atoms with E-state index in [4.69, 9.17) is 0 Å². The Labute approximate surface area is 114 Å². The van der Waals surface area contributed by atoms with Crippen LogP contribution in [0.3, 0.4) is 0 Å². The van der Waals surface area contributed by atoms with Crippen LogP contribution in [0.5, 0.6) is 0 Å². The van der Waals surface area contributed by atoms with E-state index in [1.165, 1.54) is 37.3 Å². The smallest absolute Gasteiger partial charge is 0.252 e. The number of likely N-dealkylation sites (tertiary alicyclic amines) is 1. The minimum Gasteiger partial charge on any atom is -0.348 e. The predicted octanol–water partition coefficient (Wildman–Crippen LogP) is 2.72. The Kier molecular flexibility index (Phi) is 4.59. The molecule has 1 N–H and O–H groups in total. The Morgan fingerprint density at radius 1 is 1.59 bits per heavy atom. The summed E-state index contributed by atoms with van der Waals surface area (Å²) in [6, 6.07) is 2.07. The van der Waals surface area contributed by atoms with Crippen molar-refractivity contribution in [3.63, 3.8) is 0 Å². The number of halogens is 1. The van der Waals surface area contributed by atoms with Gasteiger partial charge in [0.2, 0.25) is 0 Å². The van der Waals surface area contributed by atoms with Gasteiger partial charge in [-0.15, -0.1) is 11.3 Å². The Hall–Kier alpha value is -0.390. The maximum absolute atomic E-state index is 11.9. The van der Waals surface area contributed by atoms with Gasteiger partial charge in [0.05, 0.1) is 9.35 Å². The van der Waals surface area contributed by atoms with Gasteiger partial charge in [-0.3, -0.25) is 4.79 Å². The highest BCUT2D eigenvalue weighted by Gasteiger charge is 2.16. The lowest BCUT2D eigenvalue weighted by Crippen LogP contribution is -2.40. The van der Waals surface area contributed by atoms with Crippen molar-refractivity contribution >= 4 is 33.2 Å². The van der Waals surface area contributed by atoms with Crippen molar-refractivity contribution in [2.75, 3.05) is 19.6 Å². The lowest BCUT2D eigenvalue weighted by Gasteiger charge is -2.20. The molecule has 1 unspecified atom stereocenters. The molecule has 0 aliphatic carbocycles. The van der Waals surface area contributed by atoms with Crippen LogP contribution >= 0.6 is 27.3 Å². The molecule has 3 nitrogen and oxygen atoms in total. The molecule has 94 valence electrons. The molecule has 1 aliphatic heterocycles. The molecule has 1 saturated heterocycles. The van der Waals surface area contributed by atoms with Crippen molar-refractivity contribution in [2.45, 2.75) is 25.8 Å². The van der Waals surface area contributed by atoms with Crippen molar-refractivity contribution < 1.29 is 4.79 Å². The third-order valence-corrected chi connectivity index (χ3v) is 4.44. The zero-order valence-corrected chi connectivity index (χ0v) is 12.3. The van der Waals surface area contributed by atoms with Gasteiger partial charge in [-0.1, -0.05) is 0 Å². The number of carbonyl (C=O) groups excluding carboxylic acids is 1. The maximum Gasteiger partial charge on any atom is 0.252 e. The minimum absolute atomic E-state index is 0.0265. The second-order valence-electron chi connectivity index (χ2n) is 4.52. The molecule has 1 aliphatic rings. The average Bonchev–Trinajstić information content (AvgIpc) is 2.89. The minimum atomic E-state index is 0.0265. The fraction of sp³-hybridized carbons (Fsp3) is 0.583. The van der Waals surface area contributed by atoms with Crippen molar-refractivity contribution in [3.05, 3.63) is 20.8 Å². The summed E-state index contributed by atoms with van der Waals surface area (Å²) in [6.45, 7) is 5.36. The summed E-state index contributed by atoms with van der Waals surface area (Å²) in [4.78, 5) is 14.3. The number of carbonyl (C=O) groups is 1. The van der Waals surface area contributed by atoms with Crippen LogP contribution in [-0.2, 0) is 0 Å². The van der Waals surface area contributed by atoms with Gasteiger partial charge in [0.15, 0.2) is 0 Å². The largest absolute Gasteiger partial charge is 0.348 e. The van der Waals surface area contributed by atoms with Gasteiger partial charge in [-0.2, -0.15) is 0 Å². The monoisotopic (exact) mass is 316 g/mol. The summed E-state index contributed by atoms with van der Waals surface area (Å²) < 4.78 is 0.995. The maximum atomic E-state index is 11.9. The van der Waals surface area contributed by atoms with Gasteiger partial charge < -0.3 is 10.2 Å². The zero-order chi connectivity index (χ0) is 12.3. The third-order valence-electron chi connectivity index (χ3n) is 2.94. The molecule has 0 saturated carbocycles. The number of rotatable bonds is 4. The Bertz CT molecular complexity index is 388. The highest BCUT2D eigenvalue weighted by molar-refractivity contribution is 9.11. The second-order valence-corrected chi connectivity index (χ2v) is 6.81. The quantitative estimate of drug-likeness (QED) is 0.926. The van der Waals surface area contributed by atoms with Crippen molar-refractivity contribution in [1.29, 1.82) is 0 Å². The van der Waals surface area contributed by atoms with E-state index in [2.05, 4.69) is 33.1 Å². The van der Waals surface area contributed by atoms with E-state index in [1.807, 2.05) is 11.4 Å². The molecule has 1 amide bonds. The number of nitrogens with one attached hydrogen (secondary N) is 1. The van der Waals surface area contributed by atoms with Crippen LogP contribution in [0.2, 0.25) is 0 Å². The van der Waals surface area contributed by atoms with Gasteiger partial charge >= 0.3 is 0 Å². The highest BCUT2D eigenvalue weighted by Crippen LogP contribution is 2.20. The summed E-state index contributed by atoms with van der Waals surface area (Å²) in [5, 5.41) is 4.92. The molecule has 1 atom stereocenters. The van der Waals surface area contributed by atoms with Crippen molar-refractivity contribution in [1.82, 2.24) is 10.2 Å². The fourth-order valence-electron chi connectivity index (χ4n) is 2.13.